The number of hydrogen-bond acceptors (Lipinski definition) is 4. The van der Waals surface area contributed by atoms with Crippen LogP contribution in [0.4, 0.5) is 0 Å². The number of amides is 1. The summed E-state index contributed by atoms with van der Waals surface area (Å²) in [4.78, 5) is 23.3. The van der Waals surface area contributed by atoms with Gasteiger partial charge in [-0.2, -0.15) is 0 Å². The van der Waals surface area contributed by atoms with Gasteiger partial charge in [0, 0.05) is 31.2 Å². The van der Waals surface area contributed by atoms with E-state index in [4.69, 9.17) is 4.74 Å². The molecule has 2 heterocycles. The van der Waals surface area contributed by atoms with Gasteiger partial charge in [-0.05, 0) is 42.7 Å². The zero-order valence-corrected chi connectivity index (χ0v) is 14.6. The van der Waals surface area contributed by atoms with Gasteiger partial charge in [0.05, 0.1) is 12.7 Å². The minimum Gasteiger partial charge on any atom is -0.497 e. The highest BCUT2D eigenvalue weighted by Gasteiger charge is 2.33. The van der Waals surface area contributed by atoms with Gasteiger partial charge in [-0.1, -0.05) is 12.1 Å². The molecule has 0 saturated heterocycles. The molecule has 132 valence electrons. The van der Waals surface area contributed by atoms with Crippen molar-refractivity contribution in [3.8, 4) is 11.6 Å². The molecule has 26 heavy (non-hydrogen) atoms. The molecule has 0 unspecified atom stereocenters. The van der Waals surface area contributed by atoms with Gasteiger partial charge in [-0.15, -0.1) is 0 Å². The van der Waals surface area contributed by atoms with Gasteiger partial charge < -0.3 is 9.64 Å². The molecular formula is C20H20N4O2. The molecule has 1 fully saturated rings. The second-order valence-electron chi connectivity index (χ2n) is 6.39. The van der Waals surface area contributed by atoms with Gasteiger partial charge in [0.2, 0.25) is 0 Å². The first-order chi connectivity index (χ1) is 12.7. The molecule has 0 N–H and O–H groups in total. The highest BCUT2D eigenvalue weighted by atomic mass is 16.5. The minimum atomic E-state index is 0.0213. The summed E-state index contributed by atoms with van der Waals surface area (Å²) in [5.74, 6) is 1.58. The second-order valence-corrected chi connectivity index (χ2v) is 6.39. The summed E-state index contributed by atoms with van der Waals surface area (Å²) >= 11 is 0. The fourth-order valence-corrected chi connectivity index (χ4v) is 2.91. The number of carbonyl (C=O) groups is 1. The molecule has 1 saturated carbocycles. The Hall–Kier alpha value is -3.15. The molecular weight excluding hydrogens is 328 g/mol. The predicted octanol–water partition coefficient (Wildman–Crippen LogP) is 3.08. The van der Waals surface area contributed by atoms with Crippen molar-refractivity contribution >= 4 is 5.91 Å². The van der Waals surface area contributed by atoms with E-state index in [-0.39, 0.29) is 5.91 Å². The van der Waals surface area contributed by atoms with Gasteiger partial charge in [0.25, 0.3) is 5.91 Å². The van der Waals surface area contributed by atoms with E-state index in [9.17, 15) is 4.79 Å². The van der Waals surface area contributed by atoms with E-state index < -0.39 is 0 Å². The quantitative estimate of drug-likeness (QED) is 0.687. The standard InChI is InChI=1S/C20H20N4O2/c1-26-18-7-2-15(3-8-18)13-24(17-5-6-17)20(25)16-4-9-19(22-12-16)23-11-10-21-14-23/h2-4,7-12,14,17H,5-6,13H2,1H3. The van der Waals surface area contributed by atoms with E-state index in [1.54, 1.807) is 25.8 Å². The van der Waals surface area contributed by atoms with Crippen LogP contribution in [0.5, 0.6) is 5.75 Å². The number of pyridine rings is 1. The van der Waals surface area contributed by atoms with Crippen LogP contribution in [-0.4, -0.2) is 38.5 Å². The Labute approximate surface area is 152 Å². The Kier molecular flexibility index (Phi) is 4.39. The molecule has 1 amide bonds. The van der Waals surface area contributed by atoms with Crippen molar-refractivity contribution in [1.82, 2.24) is 19.4 Å². The monoisotopic (exact) mass is 348 g/mol. The molecule has 0 atom stereocenters. The third-order valence-corrected chi connectivity index (χ3v) is 4.52. The third kappa shape index (κ3) is 3.44. The van der Waals surface area contributed by atoms with Crippen LogP contribution in [0.25, 0.3) is 5.82 Å². The van der Waals surface area contributed by atoms with E-state index in [0.717, 1.165) is 30.0 Å². The van der Waals surface area contributed by atoms with Crippen LogP contribution in [0.15, 0.2) is 61.3 Å². The largest absolute Gasteiger partial charge is 0.497 e. The smallest absolute Gasteiger partial charge is 0.255 e. The van der Waals surface area contributed by atoms with Crippen LogP contribution in [0.1, 0.15) is 28.8 Å². The highest BCUT2D eigenvalue weighted by molar-refractivity contribution is 5.94. The van der Waals surface area contributed by atoms with Crippen molar-refractivity contribution in [3.63, 3.8) is 0 Å². The maximum Gasteiger partial charge on any atom is 0.255 e. The summed E-state index contributed by atoms with van der Waals surface area (Å²) in [6.07, 6.45) is 8.96. The van der Waals surface area contributed by atoms with Crippen LogP contribution < -0.4 is 4.74 Å². The van der Waals surface area contributed by atoms with Crippen molar-refractivity contribution in [2.45, 2.75) is 25.4 Å². The Bertz CT molecular complexity index is 869. The van der Waals surface area contributed by atoms with Gasteiger partial charge in [0.15, 0.2) is 0 Å². The molecule has 1 aliphatic rings. The number of carbonyl (C=O) groups excluding carboxylic acids is 1. The molecule has 2 aromatic heterocycles. The van der Waals surface area contributed by atoms with E-state index in [1.807, 2.05) is 52.1 Å². The SMILES string of the molecule is COc1ccc(CN(C(=O)c2ccc(-n3ccnc3)nc2)C2CC2)cc1. The summed E-state index contributed by atoms with van der Waals surface area (Å²) < 4.78 is 7.01. The first-order valence-electron chi connectivity index (χ1n) is 8.63. The number of aromatic nitrogens is 3. The summed E-state index contributed by atoms with van der Waals surface area (Å²) in [6, 6.07) is 11.8. The summed E-state index contributed by atoms with van der Waals surface area (Å²) in [6.45, 7) is 0.594. The number of nitrogens with zero attached hydrogens (tertiary/aromatic N) is 4. The topological polar surface area (TPSA) is 60.2 Å². The summed E-state index contributed by atoms with van der Waals surface area (Å²) in [5, 5.41) is 0. The zero-order valence-electron chi connectivity index (χ0n) is 14.6. The highest BCUT2D eigenvalue weighted by Crippen LogP contribution is 2.30. The molecule has 6 nitrogen and oxygen atoms in total. The number of methoxy groups -OCH3 is 1. The van der Waals surface area contributed by atoms with Crippen molar-refractivity contribution in [2.24, 2.45) is 0 Å². The maximum atomic E-state index is 13.0. The van der Waals surface area contributed by atoms with Crippen LogP contribution in [0, 0.1) is 0 Å². The Morgan fingerprint density at radius 3 is 2.62 bits per heavy atom. The number of ether oxygens (including phenoxy) is 1. The number of hydrogen-bond donors (Lipinski definition) is 0. The van der Waals surface area contributed by atoms with E-state index in [1.165, 1.54) is 0 Å². The Balaban J connectivity index is 1.51. The zero-order chi connectivity index (χ0) is 17.9. The molecule has 1 aromatic carbocycles. The molecule has 0 radical (unpaired) electrons. The van der Waals surface area contributed by atoms with Crippen LogP contribution in [-0.2, 0) is 6.54 Å². The average Bonchev–Trinajstić information content (AvgIpc) is 3.39. The minimum absolute atomic E-state index is 0.0213. The third-order valence-electron chi connectivity index (χ3n) is 4.52. The Morgan fingerprint density at radius 2 is 2.04 bits per heavy atom. The molecule has 4 rings (SSSR count). The first-order valence-corrected chi connectivity index (χ1v) is 8.63. The molecule has 1 aliphatic carbocycles. The van der Waals surface area contributed by atoms with Crippen molar-refractivity contribution in [1.29, 1.82) is 0 Å². The van der Waals surface area contributed by atoms with Crippen LogP contribution >= 0.6 is 0 Å². The molecule has 3 aromatic rings. The fraction of sp³-hybridized carbons (Fsp3) is 0.250. The number of imidazole rings is 1. The van der Waals surface area contributed by atoms with E-state index in [2.05, 4.69) is 9.97 Å². The average molecular weight is 348 g/mol. The predicted molar refractivity (Wildman–Crippen MR) is 97.2 cm³/mol. The maximum absolute atomic E-state index is 13.0. The van der Waals surface area contributed by atoms with Gasteiger partial charge in [-0.3, -0.25) is 9.36 Å². The number of benzene rings is 1. The molecule has 0 bridgehead atoms. The lowest BCUT2D eigenvalue weighted by atomic mass is 10.1. The second kappa shape index (κ2) is 7.00. The van der Waals surface area contributed by atoms with Crippen molar-refractivity contribution in [2.75, 3.05) is 7.11 Å². The number of rotatable bonds is 6. The van der Waals surface area contributed by atoms with Crippen LogP contribution in [0.3, 0.4) is 0 Å². The van der Waals surface area contributed by atoms with Gasteiger partial charge >= 0.3 is 0 Å². The van der Waals surface area contributed by atoms with Gasteiger partial charge in [-0.25, -0.2) is 9.97 Å². The van der Waals surface area contributed by atoms with E-state index >= 15 is 0 Å². The lowest BCUT2D eigenvalue weighted by Gasteiger charge is -2.22. The fourth-order valence-electron chi connectivity index (χ4n) is 2.91. The first kappa shape index (κ1) is 16.3. The molecule has 0 spiro atoms. The lowest BCUT2D eigenvalue weighted by molar-refractivity contribution is 0.0729. The lowest BCUT2D eigenvalue weighted by Crippen LogP contribution is -2.32. The normalized spacial score (nSPS) is 13.4. The van der Waals surface area contributed by atoms with E-state index in [0.29, 0.717) is 18.2 Å². The van der Waals surface area contributed by atoms with Crippen LogP contribution in [0.2, 0.25) is 0 Å². The Morgan fingerprint density at radius 1 is 1.23 bits per heavy atom. The molecule has 6 heteroatoms. The molecule has 0 aliphatic heterocycles. The summed E-state index contributed by atoms with van der Waals surface area (Å²) in [7, 11) is 1.65. The van der Waals surface area contributed by atoms with Crippen molar-refractivity contribution in [3.05, 3.63) is 72.4 Å². The van der Waals surface area contributed by atoms with Crippen molar-refractivity contribution < 1.29 is 9.53 Å². The summed E-state index contributed by atoms with van der Waals surface area (Å²) in [5.41, 5.74) is 1.70. The van der Waals surface area contributed by atoms with Gasteiger partial charge in [0.1, 0.15) is 17.9 Å².